The summed E-state index contributed by atoms with van der Waals surface area (Å²) in [5.41, 5.74) is 7.99. The number of hydrogen-bond acceptors (Lipinski definition) is 3. The number of nitrogens with zero attached hydrogens (tertiary/aromatic N) is 2. The second kappa shape index (κ2) is 7.08. The normalized spacial score (nSPS) is 15.1. The van der Waals surface area contributed by atoms with Gasteiger partial charge < -0.3 is 11.1 Å². The van der Waals surface area contributed by atoms with Crippen molar-refractivity contribution in [3.8, 4) is 0 Å². The fourth-order valence-corrected chi connectivity index (χ4v) is 2.21. The van der Waals surface area contributed by atoms with E-state index >= 15 is 0 Å². The molecule has 0 saturated heterocycles. The van der Waals surface area contributed by atoms with Crippen molar-refractivity contribution in [1.29, 1.82) is 0 Å². The van der Waals surface area contributed by atoms with Crippen LogP contribution in [0.1, 0.15) is 36.4 Å². The first-order valence-electron chi connectivity index (χ1n) is 5.77. The molecule has 1 fully saturated rings. The van der Waals surface area contributed by atoms with Crippen LogP contribution in [0.3, 0.4) is 0 Å². The molecule has 100 valence electrons. The van der Waals surface area contributed by atoms with Crippen molar-refractivity contribution in [2.45, 2.75) is 32.2 Å². The van der Waals surface area contributed by atoms with Gasteiger partial charge in [-0.25, -0.2) is 9.98 Å². The first-order chi connectivity index (χ1) is 8.15. The van der Waals surface area contributed by atoms with E-state index in [0.717, 1.165) is 10.6 Å². The molecule has 18 heavy (non-hydrogen) atoms. The Balaban J connectivity index is 0.00000162. The highest BCUT2D eigenvalue weighted by Crippen LogP contribution is 2.40. The van der Waals surface area contributed by atoms with Crippen LogP contribution in [0.2, 0.25) is 0 Å². The summed E-state index contributed by atoms with van der Waals surface area (Å²) in [5.74, 6) is 1.17. The molecule has 3 N–H and O–H groups in total. The van der Waals surface area contributed by atoms with Crippen molar-refractivity contribution < 1.29 is 0 Å². The van der Waals surface area contributed by atoms with Gasteiger partial charge in [-0.05, 0) is 19.8 Å². The molecule has 1 aromatic heterocycles. The maximum atomic E-state index is 5.72. The lowest BCUT2D eigenvalue weighted by Gasteiger charge is -2.03. The van der Waals surface area contributed by atoms with Crippen LogP contribution in [0.5, 0.6) is 0 Å². The molecule has 0 aromatic carbocycles. The standard InChI is InChI=1S/C12H18N4S.HI/c1-8(2)5-14-12(13)15-6-11-16-10(7-17-11)9-3-4-9;/h7,9H,1,3-6H2,2H3,(H3,13,14,15);1H. The van der Waals surface area contributed by atoms with Gasteiger partial charge in [0.1, 0.15) is 5.01 Å². The topological polar surface area (TPSA) is 63.3 Å². The Morgan fingerprint density at radius 1 is 1.67 bits per heavy atom. The number of nitrogens with two attached hydrogens (primary N) is 1. The molecular formula is C12H19IN4S. The van der Waals surface area contributed by atoms with E-state index in [1.54, 1.807) is 11.3 Å². The van der Waals surface area contributed by atoms with Gasteiger partial charge in [0, 0.05) is 17.8 Å². The average molecular weight is 378 g/mol. The molecule has 1 aliphatic rings. The lowest BCUT2D eigenvalue weighted by Crippen LogP contribution is -2.32. The molecule has 2 rings (SSSR count). The molecule has 0 aliphatic heterocycles. The minimum Gasteiger partial charge on any atom is -0.370 e. The highest BCUT2D eigenvalue weighted by Gasteiger charge is 2.25. The maximum Gasteiger partial charge on any atom is 0.189 e. The highest BCUT2D eigenvalue weighted by molar-refractivity contribution is 14.0. The Hall–Kier alpha value is -0.630. The molecule has 0 radical (unpaired) electrons. The van der Waals surface area contributed by atoms with Gasteiger partial charge in [0.05, 0.1) is 12.2 Å². The van der Waals surface area contributed by atoms with Gasteiger partial charge in [0.2, 0.25) is 0 Å². The summed E-state index contributed by atoms with van der Waals surface area (Å²) in [5, 5.41) is 6.17. The van der Waals surface area contributed by atoms with Crippen molar-refractivity contribution >= 4 is 41.3 Å². The first-order valence-corrected chi connectivity index (χ1v) is 6.65. The molecule has 0 atom stereocenters. The van der Waals surface area contributed by atoms with Gasteiger partial charge in [0.15, 0.2) is 5.96 Å². The summed E-state index contributed by atoms with van der Waals surface area (Å²) >= 11 is 1.67. The molecule has 1 aliphatic carbocycles. The molecule has 0 amide bonds. The summed E-state index contributed by atoms with van der Waals surface area (Å²) < 4.78 is 0. The predicted molar refractivity (Wildman–Crippen MR) is 87.6 cm³/mol. The minimum atomic E-state index is 0. The number of nitrogens with one attached hydrogen (secondary N) is 1. The third-order valence-electron chi connectivity index (χ3n) is 2.52. The minimum absolute atomic E-state index is 0. The number of aliphatic imine (C=N–C) groups is 1. The number of rotatable bonds is 5. The van der Waals surface area contributed by atoms with Crippen LogP contribution < -0.4 is 11.1 Å². The molecular weight excluding hydrogens is 359 g/mol. The van der Waals surface area contributed by atoms with Crippen LogP contribution in [0.4, 0.5) is 0 Å². The summed E-state index contributed by atoms with van der Waals surface area (Å²) in [6.07, 6.45) is 2.57. The Morgan fingerprint density at radius 2 is 2.39 bits per heavy atom. The fraction of sp³-hybridized carbons (Fsp3) is 0.500. The zero-order chi connectivity index (χ0) is 12.3. The van der Waals surface area contributed by atoms with Crippen molar-refractivity contribution in [3.05, 3.63) is 28.2 Å². The lowest BCUT2D eigenvalue weighted by atomic mass is 10.3. The van der Waals surface area contributed by atoms with E-state index < -0.39 is 0 Å². The number of aromatic nitrogens is 1. The van der Waals surface area contributed by atoms with Crippen LogP contribution in [0.25, 0.3) is 0 Å². The van der Waals surface area contributed by atoms with Gasteiger partial charge in [-0.1, -0.05) is 12.2 Å². The zero-order valence-corrected chi connectivity index (χ0v) is 13.6. The van der Waals surface area contributed by atoms with Crippen molar-refractivity contribution in [1.82, 2.24) is 10.3 Å². The second-order valence-corrected chi connectivity index (χ2v) is 5.40. The Bertz CT molecular complexity index is 437. The lowest BCUT2D eigenvalue weighted by molar-refractivity contribution is 0.924. The van der Waals surface area contributed by atoms with Crippen LogP contribution in [-0.2, 0) is 6.54 Å². The molecule has 6 heteroatoms. The van der Waals surface area contributed by atoms with Crippen LogP contribution in [0.15, 0.2) is 22.5 Å². The molecule has 1 heterocycles. The molecule has 0 unspecified atom stereocenters. The van der Waals surface area contributed by atoms with E-state index in [0.29, 0.717) is 25.0 Å². The van der Waals surface area contributed by atoms with Gasteiger partial charge in [-0.3, -0.25) is 0 Å². The Morgan fingerprint density at radius 3 is 3.00 bits per heavy atom. The highest BCUT2D eigenvalue weighted by atomic mass is 127. The van der Waals surface area contributed by atoms with Crippen LogP contribution in [0, 0.1) is 0 Å². The SMILES string of the molecule is C=C(C)CNC(N)=NCc1nc(C2CC2)cs1.I. The number of halogens is 1. The van der Waals surface area contributed by atoms with Crippen LogP contribution in [-0.4, -0.2) is 17.5 Å². The molecule has 0 spiro atoms. The zero-order valence-electron chi connectivity index (χ0n) is 10.5. The molecule has 0 bridgehead atoms. The van der Waals surface area contributed by atoms with Gasteiger partial charge in [0.25, 0.3) is 0 Å². The van der Waals surface area contributed by atoms with E-state index in [-0.39, 0.29) is 24.0 Å². The predicted octanol–water partition coefficient (Wildman–Crippen LogP) is 2.62. The number of guanidine groups is 1. The number of thiazole rings is 1. The quantitative estimate of drug-likeness (QED) is 0.358. The molecule has 1 saturated carbocycles. The fourth-order valence-electron chi connectivity index (χ4n) is 1.41. The third kappa shape index (κ3) is 4.93. The largest absolute Gasteiger partial charge is 0.370 e. The summed E-state index contributed by atoms with van der Waals surface area (Å²) in [4.78, 5) is 8.80. The van der Waals surface area contributed by atoms with Gasteiger partial charge >= 0.3 is 0 Å². The third-order valence-corrected chi connectivity index (χ3v) is 3.37. The smallest absolute Gasteiger partial charge is 0.189 e. The van der Waals surface area contributed by atoms with Crippen molar-refractivity contribution in [3.63, 3.8) is 0 Å². The maximum absolute atomic E-state index is 5.72. The molecule has 1 aromatic rings. The monoisotopic (exact) mass is 378 g/mol. The number of hydrogen-bond donors (Lipinski definition) is 2. The average Bonchev–Trinajstić information content (AvgIpc) is 3.04. The van der Waals surface area contributed by atoms with E-state index in [1.165, 1.54) is 18.5 Å². The van der Waals surface area contributed by atoms with E-state index in [9.17, 15) is 0 Å². The van der Waals surface area contributed by atoms with Crippen molar-refractivity contribution in [2.75, 3.05) is 6.54 Å². The Labute approximate surface area is 129 Å². The second-order valence-electron chi connectivity index (χ2n) is 4.45. The molecule has 4 nitrogen and oxygen atoms in total. The summed E-state index contributed by atoms with van der Waals surface area (Å²) in [7, 11) is 0. The van der Waals surface area contributed by atoms with Gasteiger partial charge in [-0.2, -0.15) is 0 Å². The first kappa shape index (κ1) is 15.4. The van der Waals surface area contributed by atoms with E-state index in [4.69, 9.17) is 5.73 Å². The van der Waals surface area contributed by atoms with E-state index in [2.05, 4.69) is 27.3 Å². The summed E-state index contributed by atoms with van der Waals surface area (Å²) in [6, 6.07) is 0. The van der Waals surface area contributed by atoms with Crippen molar-refractivity contribution in [2.24, 2.45) is 10.7 Å². The van der Waals surface area contributed by atoms with E-state index in [1.807, 2.05) is 6.92 Å². The summed E-state index contributed by atoms with van der Waals surface area (Å²) in [6.45, 7) is 6.97. The van der Waals surface area contributed by atoms with Crippen LogP contribution >= 0.6 is 35.3 Å². The Kier molecular flexibility index (Phi) is 6.07. The van der Waals surface area contributed by atoms with Gasteiger partial charge in [-0.15, -0.1) is 35.3 Å².